The molecule has 3 nitrogen and oxygen atoms in total. The lowest BCUT2D eigenvalue weighted by molar-refractivity contribution is 0.0821. The van der Waals surface area contributed by atoms with Gasteiger partial charge in [-0.25, -0.2) is 0 Å². The van der Waals surface area contributed by atoms with Gasteiger partial charge in [0, 0.05) is 30.7 Å². The monoisotopic (exact) mass is 240 g/mol. The van der Waals surface area contributed by atoms with Crippen molar-refractivity contribution < 1.29 is 5.11 Å². The van der Waals surface area contributed by atoms with E-state index in [1.807, 2.05) is 25.3 Å². The highest BCUT2D eigenvalue weighted by Crippen LogP contribution is 2.14. The first kappa shape index (κ1) is 13.5. The summed E-state index contributed by atoms with van der Waals surface area (Å²) in [6, 6.07) is 4.21. The lowest BCUT2D eigenvalue weighted by Gasteiger charge is -2.25. The van der Waals surface area contributed by atoms with Crippen LogP contribution in [0.3, 0.4) is 0 Å². The molecule has 4 heteroatoms. The fourth-order valence-corrected chi connectivity index (χ4v) is 2.23. The highest BCUT2D eigenvalue weighted by molar-refractivity contribution is 7.98. The zero-order valence-corrected chi connectivity index (χ0v) is 10.9. The predicted molar refractivity (Wildman–Crippen MR) is 69.7 cm³/mol. The van der Waals surface area contributed by atoms with E-state index in [2.05, 4.69) is 17.2 Å². The van der Waals surface area contributed by atoms with Gasteiger partial charge in [0.1, 0.15) is 0 Å². The van der Waals surface area contributed by atoms with Crippen LogP contribution in [0.1, 0.15) is 25.5 Å². The number of nitrogens with zero attached hydrogens (tertiary/aromatic N) is 1. The summed E-state index contributed by atoms with van der Waals surface area (Å²) >= 11 is 1.66. The standard InChI is InChI=1S/C12H20N2OS/c1-10(11-4-6-13-7-5-11)14-8-12(2,15)9-16-3/h4-7,10,14-15H,8-9H2,1-3H3. The highest BCUT2D eigenvalue weighted by atomic mass is 32.2. The van der Waals surface area contributed by atoms with Gasteiger partial charge in [-0.15, -0.1) is 0 Å². The Labute approximate surface area is 102 Å². The Morgan fingerprint density at radius 2 is 2.12 bits per heavy atom. The van der Waals surface area contributed by atoms with Gasteiger partial charge in [0.05, 0.1) is 5.60 Å². The van der Waals surface area contributed by atoms with E-state index in [4.69, 9.17) is 0 Å². The van der Waals surface area contributed by atoms with Crippen molar-refractivity contribution in [1.29, 1.82) is 0 Å². The topological polar surface area (TPSA) is 45.1 Å². The van der Waals surface area contributed by atoms with E-state index in [9.17, 15) is 5.11 Å². The number of aromatic nitrogens is 1. The Morgan fingerprint density at radius 3 is 2.69 bits per heavy atom. The van der Waals surface area contributed by atoms with E-state index in [-0.39, 0.29) is 6.04 Å². The molecule has 2 unspecified atom stereocenters. The van der Waals surface area contributed by atoms with Crippen LogP contribution < -0.4 is 5.32 Å². The Kier molecular flexibility index (Phi) is 5.25. The van der Waals surface area contributed by atoms with Crippen molar-refractivity contribution in [3.8, 4) is 0 Å². The molecule has 0 aliphatic rings. The van der Waals surface area contributed by atoms with E-state index in [1.165, 1.54) is 5.56 Å². The molecule has 0 aliphatic heterocycles. The third-order valence-electron chi connectivity index (χ3n) is 2.45. The second-order valence-corrected chi connectivity index (χ2v) is 5.18. The van der Waals surface area contributed by atoms with Crippen LogP contribution in [0.4, 0.5) is 0 Å². The van der Waals surface area contributed by atoms with Crippen LogP contribution in [0.2, 0.25) is 0 Å². The normalized spacial score (nSPS) is 16.8. The van der Waals surface area contributed by atoms with Crippen molar-refractivity contribution in [2.24, 2.45) is 0 Å². The Balaban J connectivity index is 2.44. The molecule has 0 fully saturated rings. The van der Waals surface area contributed by atoms with Crippen molar-refractivity contribution >= 4 is 11.8 Å². The molecule has 0 aromatic carbocycles. The molecule has 90 valence electrons. The van der Waals surface area contributed by atoms with E-state index < -0.39 is 5.60 Å². The maximum Gasteiger partial charge on any atom is 0.0833 e. The van der Waals surface area contributed by atoms with Gasteiger partial charge in [-0.05, 0) is 37.8 Å². The van der Waals surface area contributed by atoms with Crippen LogP contribution in [-0.4, -0.2) is 34.2 Å². The summed E-state index contributed by atoms with van der Waals surface area (Å²) in [5.74, 6) is 0.739. The maximum atomic E-state index is 10.0. The molecular formula is C12H20N2OS. The highest BCUT2D eigenvalue weighted by Gasteiger charge is 2.20. The number of nitrogens with one attached hydrogen (secondary N) is 1. The molecule has 1 heterocycles. The molecule has 1 aromatic heterocycles. The number of rotatable bonds is 6. The van der Waals surface area contributed by atoms with Gasteiger partial charge in [-0.1, -0.05) is 0 Å². The summed E-state index contributed by atoms with van der Waals surface area (Å²) in [4.78, 5) is 3.99. The molecule has 0 radical (unpaired) electrons. The summed E-state index contributed by atoms with van der Waals surface area (Å²) in [6.45, 7) is 4.54. The van der Waals surface area contributed by atoms with Gasteiger partial charge in [-0.3, -0.25) is 4.98 Å². The van der Waals surface area contributed by atoms with Crippen LogP contribution >= 0.6 is 11.8 Å². The molecule has 16 heavy (non-hydrogen) atoms. The maximum absolute atomic E-state index is 10.0. The molecule has 2 N–H and O–H groups in total. The molecule has 0 amide bonds. The fourth-order valence-electron chi connectivity index (χ4n) is 1.50. The summed E-state index contributed by atoms with van der Waals surface area (Å²) in [6.07, 6.45) is 5.57. The minimum Gasteiger partial charge on any atom is -0.388 e. The average Bonchev–Trinajstić information content (AvgIpc) is 2.27. The number of hydrogen-bond donors (Lipinski definition) is 2. The van der Waals surface area contributed by atoms with Gasteiger partial charge >= 0.3 is 0 Å². The first-order chi connectivity index (χ1) is 7.55. The SMILES string of the molecule is CSCC(C)(O)CNC(C)c1ccncc1. The molecule has 0 bridgehead atoms. The molecule has 2 atom stereocenters. The van der Waals surface area contributed by atoms with Crippen molar-refractivity contribution in [3.63, 3.8) is 0 Å². The van der Waals surface area contributed by atoms with Crippen LogP contribution in [0.15, 0.2) is 24.5 Å². The Hall–Kier alpha value is -0.580. The molecular weight excluding hydrogens is 220 g/mol. The Morgan fingerprint density at radius 1 is 1.50 bits per heavy atom. The van der Waals surface area contributed by atoms with Crippen LogP contribution in [0.25, 0.3) is 0 Å². The molecule has 0 aliphatic carbocycles. The molecule has 1 rings (SSSR count). The molecule has 0 spiro atoms. The first-order valence-corrected chi connectivity index (χ1v) is 6.79. The minimum atomic E-state index is -0.652. The van der Waals surface area contributed by atoms with Gasteiger partial charge in [0.15, 0.2) is 0 Å². The van der Waals surface area contributed by atoms with E-state index >= 15 is 0 Å². The van der Waals surface area contributed by atoms with Crippen LogP contribution in [-0.2, 0) is 0 Å². The number of hydrogen-bond acceptors (Lipinski definition) is 4. The van der Waals surface area contributed by atoms with Crippen molar-refractivity contribution in [1.82, 2.24) is 10.3 Å². The third-order valence-corrected chi connectivity index (χ3v) is 3.36. The fraction of sp³-hybridized carbons (Fsp3) is 0.583. The lowest BCUT2D eigenvalue weighted by Crippen LogP contribution is -2.40. The van der Waals surface area contributed by atoms with Gasteiger partial charge in [0.25, 0.3) is 0 Å². The molecule has 1 aromatic rings. The average molecular weight is 240 g/mol. The summed E-state index contributed by atoms with van der Waals surface area (Å²) in [5, 5.41) is 13.3. The van der Waals surface area contributed by atoms with Crippen LogP contribution in [0, 0.1) is 0 Å². The van der Waals surface area contributed by atoms with E-state index in [0.29, 0.717) is 6.54 Å². The minimum absolute atomic E-state index is 0.233. The summed E-state index contributed by atoms with van der Waals surface area (Å²) < 4.78 is 0. The van der Waals surface area contributed by atoms with Crippen LogP contribution in [0.5, 0.6) is 0 Å². The predicted octanol–water partition coefficient (Wildman–Crippen LogP) is 1.85. The zero-order chi connectivity index (χ0) is 12.0. The second kappa shape index (κ2) is 6.23. The number of aliphatic hydroxyl groups is 1. The smallest absolute Gasteiger partial charge is 0.0833 e. The number of thioether (sulfide) groups is 1. The van der Waals surface area contributed by atoms with Gasteiger partial charge in [0.2, 0.25) is 0 Å². The lowest BCUT2D eigenvalue weighted by atomic mass is 10.1. The Bertz CT molecular complexity index is 303. The first-order valence-electron chi connectivity index (χ1n) is 5.40. The van der Waals surface area contributed by atoms with Crippen molar-refractivity contribution in [2.75, 3.05) is 18.6 Å². The third kappa shape index (κ3) is 4.51. The zero-order valence-electron chi connectivity index (χ0n) is 10.1. The number of pyridine rings is 1. The largest absolute Gasteiger partial charge is 0.388 e. The molecule has 0 saturated carbocycles. The van der Waals surface area contributed by atoms with Crippen molar-refractivity contribution in [3.05, 3.63) is 30.1 Å². The summed E-state index contributed by atoms with van der Waals surface area (Å²) in [5.41, 5.74) is 0.538. The van der Waals surface area contributed by atoms with Crippen molar-refractivity contribution in [2.45, 2.75) is 25.5 Å². The van der Waals surface area contributed by atoms with Gasteiger partial charge < -0.3 is 10.4 Å². The summed E-state index contributed by atoms with van der Waals surface area (Å²) in [7, 11) is 0. The van der Waals surface area contributed by atoms with Gasteiger partial charge in [-0.2, -0.15) is 11.8 Å². The molecule has 0 saturated heterocycles. The van der Waals surface area contributed by atoms with E-state index in [1.54, 1.807) is 24.2 Å². The second-order valence-electron chi connectivity index (χ2n) is 4.31. The van der Waals surface area contributed by atoms with E-state index in [0.717, 1.165) is 5.75 Å². The quantitative estimate of drug-likeness (QED) is 0.796.